The number of hydrogen-bond donors (Lipinski definition) is 1. The van der Waals surface area contributed by atoms with E-state index < -0.39 is 5.41 Å². The number of carbonyl (C=O) groups excluding carboxylic acids is 2. The van der Waals surface area contributed by atoms with Gasteiger partial charge in [-0.1, -0.05) is 18.2 Å². The van der Waals surface area contributed by atoms with Gasteiger partial charge < -0.3 is 10.2 Å². The van der Waals surface area contributed by atoms with Crippen molar-refractivity contribution in [2.75, 3.05) is 11.4 Å². The Morgan fingerprint density at radius 3 is 2.65 bits per heavy atom. The summed E-state index contributed by atoms with van der Waals surface area (Å²) in [5.41, 5.74) is 1.43. The normalized spacial score (nSPS) is 22.3. The number of nitrogens with zero attached hydrogens (tertiary/aromatic N) is 1. The van der Waals surface area contributed by atoms with Crippen molar-refractivity contribution in [3.8, 4) is 0 Å². The molecule has 0 aromatic heterocycles. The molecule has 0 atom stereocenters. The molecule has 104 valence electrons. The summed E-state index contributed by atoms with van der Waals surface area (Å²) in [7, 11) is 0. The summed E-state index contributed by atoms with van der Waals surface area (Å²) in [5.74, 6) is -0.0463. The molecule has 1 aliphatic heterocycles. The summed E-state index contributed by atoms with van der Waals surface area (Å²) >= 11 is 0. The second kappa shape index (κ2) is 4.08. The summed E-state index contributed by atoms with van der Waals surface area (Å²) in [6, 6.07) is 8.31. The highest BCUT2D eigenvalue weighted by Gasteiger charge is 2.59. The Bertz CT molecular complexity index is 588. The average Bonchev–Trinajstić information content (AvgIpc) is 3.36. The van der Waals surface area contributed by atoms with Crippen molar-refractivity contribution < 1.29 is 9.59 Å². The van der Waals surface area contributed by atoms with Crippen LogP contribution in [0.4, 0.5) is 5.69 Å². The van der Waals surface area contributed by atoms with Gasteiger partial charge in [-0.2, -0.15) is 0 Å². The van der Waals surface area contributed by atoms with Crippen molar-refractivity contribution >= 4 is 17.5 Å². The van der Waals surface area contributed by atoms with Crippen molar-refractivity contribution in [2.24, 2.45) is 5.41 Å². The highest BCUT2D eigenvalue weighted by Crippen LogP contribution is 2.49. The first-order chi connectivity index (χ1) is 9.71. The Hall–Kier alpha value is -1.84. The Balaban J connectivity index is 1.57. The molecule has 0 saturated heterocycles. The number of hydrogen-bond acceptors (Lipinski definition) is 2. The Morgan fingerprint density at radius 1 is 1.20 bits per heavy atom. The maximum absolute atomic E-state index is 12.8. The SMILES string of the molecule is O=C(NC1CC1)C1(C(=O)N2CCc3ccccc32)CC1. The van der Waals surface area contributed by atoms with Gasteiger partial charge in [0.2, 0.25) is 11.8 Å². The summed E-state index contributed by atoms with van der Waals surface area (Å²) < 4.78 is 0. The van der Waals surface area contributed by atoms with Crippen LogP contribution in [-0.4, -0.2) is 24.4 Å². The summed E-state index contributed by atoms with van der Waals surface area (Å²) in [5, 5.41) is 3.00. The first-order valence-corrected chi connectivity index (χ1v) is 7.41. The molecule has 20 heavy (non-hydrogen) atoms. The number of para-hydroxylation sites is 1. The minimum absolute atomic E-state index is 0.000556. The van der Waals surface area contributed by atoms with E-state index >= 15 is 0 Å². The highest BCUT2D eigenvalue weighted by molar-refractivity contribution is 6.14. The third kappa shape index (κ3) is 1.74. The van der Waals surface area contributed by atoms with E-state index in [2.05, 4.69) is 11.4 Å². The zero-order valence-corrected chi connectivity index (χ0v) is 11.4. The van der Waals surface area contributed by atoms with Gasteiger partial charge in [0.1, 0.15) is 5.41 Å². The van der Waals surface area contributed by atoms with Gasteiger partial charge in [0.15, 0.2) is 0 Å². The third-order valence-electron chi connectivity index (χ3n) is 4.64. The minimum Gasteiger partial charge on any atom is -0.352 e. The van der Waals surface area contributed by atoms with E-state index in [1.54, 1.807) is 0 Å². The lowest BCUT2D eigenvalue weighted by atomic mass is 10.0. The number of rotatable bonds is 3. The van der Waals surface area contributed by atoms with Crippen LogP contribution in [0, 0.1) is 5.41 Å². The predicted molar refractivity (Wildman–Crippen MR) is 75.3 cm³/mol. The largest absolute Gasteiger partial charge is 0.352 e. The molecule has 4 rings (SSSR count). The minimum atomic E-state index is -0.764. The van der Waals surface area contributed by atoms with Crippen LogP contribution in [0.5, 0.6) is 0 Å². The molecule has 2 amide bonds. The second-order valence-corrected chi connectivity index (χ2v) is 6.17. The molecule has 4 nitrogen and oxygen atoms in total. The van der Waals surface area contributed by atoms with E-state index in [1.807, 2.05) is 23.1 Å². The van der Waals surface area contributed by atoms with Gasteiger partial charge in [0.25, 0.3) is 0 Å². The van der Waals surface area contributed by atoms with Crippen molar-refractivity contribution in [2.45, 2.75) is 38.1 Å². The first kappa shape index (κ1) is 11.9. The zero-order valence-electron chi connectivity index (χ0n) is 11.4. The van der Waals surface area contributed by atoms with E-state index in [9.17, 15) is 9.59 Å². The van der Waals surface area contributed by atoms with Gasteiger partial charge in [0.05, 0.1) is 0 Å². The maximum atomic E-state index is 12.8. The van der Waals surface area contributed by atoms with Crippen LogP contribution in [0.3, 0.4) is 0 Å². The summed E-state index contributed by atoms with van der Waals surface area (Å²) in [6.07, 6.45) is 4.40. The quantitative estimate of drug-likeness (QED) is 0.849. The molecular weight excluding hydrogens is 252 g/mol. The lowest BCUT2D eigenvalue weighted by molar-refractivity contribution is -0.135. The van der Waals surface area contributed by atoms with Crippen LogP contribution in [0.25, 0.3) is 0 Å². The van der Waals surface area contributed by atoms with E-state index in [0.29, 0.717) is 25.4 Å². The molecule has 4 heteroatoms. The Labute approximate surface area is 118 Å². The van der Waals surface area contributed by atoms with Crippen LogP contribution in [-0.2, 0) is 16.0 Å². The first-order valence-electron chi connectivity index (χ1n) is 7.41. The van der Waals surface area contributed by atoms with E-state index in [1.165, 1.54) is 5.56 Å². The Kier molecular flexibility index (Phi) is 2.43. The number of carbonyl (C=O) groups is 2. The van der Waals surface area contributed by atoms with Gasteiger partial charge in [-0.3, -0.25) is 9.59 Å². The van der Waals surface area contributed by atoms with Crippen molar-refractivity contribution in [3.05, 3.63) is 29.8 Å². The van der Waals surface area contributed by atoms with Crippen molar-refractivity contribution in [1.29, 1.82) is 0 Å². The fraction of sp³-hybridized carbons (Fsp3) is 0.500. The maximum Gasteiger partial charge on any atom is 0.242 e. The molecule has 2 fully saturated rings. The molecule has 3 aliphatic rings. The fourth-order valence-corrected chi connectivity index (χ4v) is 3.02. The molecule has 0 bridgehead atoms. The van der Waals surface area contributed by atoms with Crippen LogP contribution >= 0.6 is 0 Å². The van der Waals surface area contributed by atoms with Gasteiger partial charge in [0, 0.05) is 18.3 Å². The summed E-state index contributed by atoms with van der Waals surface area (Å²) in [4.78, 5) is 26.9. The third-order valence-corrected chi connectivity index (χ3v) is 4.64. The molecule has 2 aliphatic carbocycles. The molecule has 2 saturated carbocycles. The number of anilines is 1. The molecule has 0 spiro atoms. The van der Waals surface area contributed by atoms with Crippen molar-refractivity contribution in [1.82, 2.24) is 5.32 Å². The van der Waals surface area contributed by atoms with Crippen molar-refractivity contribution in [3.63, 3.8) is 0 Å². The van der Waals surface area contributed by atoms with E-state index in [0.717, 1.165) is 24.9 Å². The lowest BCUT2D eigenvalue weighted by Crippen LogP contribution is -2.45. The summed E-state index contributed by atoms with van der Waals surface area (Å²) in [6.45, 7) is 0.705. The van der Waals surface area contributed by atoms with Gasteiger partial charge >= 0.3 is 0 Å². The van der Waals surface area contributed by atoms with Gasteiger partial charge in [-0.25, -0.2) is 0 Å². The van der Waals surface area contributed by atoms with Crippen LogP contribution in [0.2, 0.25) is 0 Å². The van der Waals surface area contributed by atoms with E-state index in [4.69, 9.17) is 0 Å². The molecule has 0 unspecified atom stereocenters. The number of fused-ring (bicyclic) bond motifs is 1. The lowest BCUT2D eigenvalue weighted by Gasteiger charge is -2.23. The smallest absolute Gasteiger partial charge is 0.242 e. The molecular formula is C16H18N2O2. The number of nitrogens with one attached hydrogen (secondary N) is 1. The van der Waals surface area contributed by atoms with E-state index in [-0.39, 0.29) is 11.8 Å². The highest BCUT2D eigenvalue weighted by atomic mass is 16.2. The van der Waals surface area contributed by atoms with Crippen LogP contribution in [0.15, 0.2) is 24.3 Å². The Morgan fingerprint density at radius 2 is 1.95 bits per heavy atom. The van der Waals surface area contributed by atoms with Crippen LogP contribution < -0.4 is 10.2 Å². The standard InChI is InChI=1S/C16H18N2O2/c19-14(17-12-5-6-12)16(8-9-16)15(20)18-10-7-11-3-1-2-4-13(11)18/h1-4,12H,5-10H2,(H,17,19). The molecule has 1 aromatic carbocycles. The molecule has 1 aromatic rings. The average molecular weight is 270 g/mol. The molecule has 0 radical (unpaired) electrons. The number of amides is 2. The van der Waals surface area contributed by atoms with Gasteiger partial charge in [-0.05, 0) is 43.7 Å². The monoisotopic (exact) mass is 270 g/mol. The number of benzene rings is 1. The van der Waals surface area contributed by atoms with Crippen LogP contribution in [0.1, 0.15) is 31.2 Å². The topological polar surface area (TPSA) is 49.4 Å². The fourth-order valence-electron chi connectivity index (χ4n) is 3.02. The zero-order chi connectivity index (χ0) is 13.7. The molecule has 1 N–H and O–H groups in total. The predicted octanol–water partition coefficient (Wildman–Crippen LogP) is 1.63. The second-order valence-electron chi connectivity index (χ2n) is 6.17. The molecule has 1 heterocycles. The van der Waals surface area contributed by atoms with Gasteiger partial charge in [-0.15, -0.1) is 0 Å².